The molecule has 0 fully saturated rings. The van der Waals surface area contributed by atoms with E-state index in [9.17, 15) is 13.2 Å². The van der Waals surface area contributed by atoms with Gasteiger partial charge in [-0.25, -0.2) is 0 Å². The number of halogens is 3. The summed E-state index contributed by atoms with van der Waals surface area (Å²) in [6.07, 6.45) is -4.68. The van der Waals surface area contributed by atoms with Crippen LogP contribution in [0.25, 0.3) is 0 Å². The van der Waals surface area contributed by atoms with Gasteiger partial charge in [0.25, 0.3) is 0 Å². The molecule has 4 nitrogen and oxygen atoms in total. The quantitative estimate of drug-likeness (QED) is 0.937. The number of aryl methyl sites for hydroxylation is 2. The zero-order valence-electron chi connectivity index (χ0n) is 11.0. The Kier molecular flexibility index (Phi) is 3.87. The second kappa shape index (κ2) is 5.44. The number of aromatic nitrogens is 2. The minimum Gasteiger partial charge on any atom is -0.406 e. The number of hydrogen-bond donors (Lipinski definition) is 1. The molecule has 0 radical (unpaired) electrons. The molecule has 2 aromatic rings. The van der Waals surface area contributed by atoms with Crippen molar-refractivity contribution >= 4 is 5.69 Å². The average Bonchev–Trinajstić information content (AvgIpc) is 2.63. The van der Waals surface area contributed by atoms with E-state index in [1.165, 1.54) is 18.2 Å². The molecule has 1 aromatic heterocycles. The molecule has 0 aliphatic rings. The predicted octanol–water partition coefficient (Wildman–Crippen LogP) is 3.24. The summed E-state index contributed by atoms with van der Waals surface area (Å²) < 4.78 is 42.0. The fourth-order valence-corrected chi connectivity index (χ4v) is 1.83. The van der Waals surface area contributed by atoms with Gasteiger partial charge in [0, 0.05) is 18.8 Å². The largest absolute Gasteiger partial charge is 0.573 e. The van der Waals surface area contributed by atoms with Crippen LogP contribution in [0.1, 0.15) is 11.4 Å². The third-order valence-corrected chi connectivity index (χ3v) is 2.64. The van der Waals surface area contributed by atoms with Gasteiger partial charge in [-0.2, -0.15) is 5.10 Å². The third-order valence-electron chi connectivity index (χ3n) is 2.64. The molecule has 0 amide bonds. The Morgan fingerprint density at radius 3 is 2.65 bits per heavy atom. The molecule has 0 saturated heterocycles. The lowest BCUT2D eigenvalue weighted by atomic mass is 10.3. The van der Waals surface area contributed by atoms with Gasteiger partial charge in [0.1, 0.15) is 5.75 Å². The highest BCUT2D eigenvalue weighted by molar-refractivity contribution is 5.48. The second-order valence-corrected chi connectivity index (χ2v) is 4.33. The number of nitrogens with one attached hydrogen (secondary N) is 1. The maximum absolute atomic E-state index is 12.1. The van der Waals surface area contributed by atoms with E-state index < -0.39 is 6.36 Å². The highest BCUT2D eigenvalue weighted by Gasteiger charge is 2.31. The summed E-state index contributed by atoms with van der Waals surface area (Å²) in [6, 6.07) is 7.64. The number of anilines is 1. The lowest BCUT2D eigenvalue weighted by Crippen LogP contribution is -2.17. The highest BCUT2D eigenvalue weighted by Crippen LogP contribution is 2.25. The van der Waals surface area contributed by atoms with Crippen molar-refractivity contribution < 1.29 is 17.9 Å². The van der Waals surface area contributed by atoms with Gasteiger partial charge < -0.3 is 10.1 Å². The summed E-state index contributed by atoms with van der Waals surface area (Å²) in [4.78, 5) is 0. The fraction of sp³-hybridized carbons (Fsp3) is 0.308. The molecular formula is C13H14F3N3O. The highest BCUT2D eigenvalue weighted by atomic mass is 19.4. The molecule has 1 aromatic carbocycles. The topological polar surface area (TPSA) is 39.1 Å². The minimum absolute atomic E-state index is 0.247. The van der Waals surface area contributed by atoms with Crippen LogP contribution in [0.4, 0.5) is 18.9 Å². The van der Waals surface area contributed by atoms with Crippen molar-refractivity contribution in [1.29, 1.82) is 0 Å². The number of alkyl halides is 3. The van der Waals surface area contributed by atoms with Crippen molar-refractivity contribution in [2.45, 2.75) is 19.8 Å². The summed E-state index contributed by atoms with van der Waals surface area (Å²) >= 11 is 0. The summed E-state index contributed by atoms with van der Waals surface area (Å²) in [6.45, 7) is 2.34. The van der Waals surface area contributed by atoms with Gasteiger partial charge in [0.05, 0.1) is 17.9 Å². The van der Waals surface area contributed by atoms with Gasteiger partial charge in [0.15, 0.2) is 0 Å². The van der Waals surface area contributed by atoms with Crippen molar-refractivity contribution in [1.82, 2.24) is 9.78 Å². The molecule has 7 heteroatoms. The first-order valence-corrected chi connectivity index (χ1v) is 5.93. The fourth-order valence-electron chi connectivity index (χ4n) is 1.83. The Labute approximate surface area is 114 Å². The molecule has 108 valence electrons. The molecule has 0 saturated carbocycles. The van der Waals surface area contributed by atoms with Crippen molar-refractivity contribution in [2.75, 3.05) is 5.32 Å². The first-order chi connectivity index (χ1) is 9.33. The number of ether oxygens (including phenoxy) is 1. The molecule has 0 aliphatic carbocycles. The maximum Gasteiger partial charge on any atom is 0.573 e. The lowest BCUT2D eigenvalue weighted by molar-refractivity contribution is -0.274. The normalized spacial score (nSPS) is 11.4. The van der Waals surface area contributed by atoms with Crippen LogP contribution in [0.5, 0.6) is 5.75 Å². The molecular weight excluding hydrogens is 271 g/mol. The number of rotatable bonds is 4. The standard InChI is InChI=1S/C13H14F3N3O/c1-9-6-11(19(2)18-9)8-17-10-4-3-5-12(7-10)20-13(14,15)16/h3-7,17H,8H2,1-2H3. The van der Waals surface area contributed by atoms with Crippen molar-refractivity contribution in [3.05, 3.63) is 41.7 Å². The van der Waals surface area contributed by atoms with E-state index in [1.807, 2.05) is 20.0 Å². The van der Waals surface area contributed by atoms with Crippen LogP contribution in [0.3, 0.4) is 0 Å². The molecule has 2 rings (SSSR count). The maximum atomic E-state index is 12.1. The zero-order valence-corrected chi connectivity index (χ0v) is 11.0. The first-order valence-electron chi connectivity index (χ1n) is 5.93. The van der Waals surface area contributed by atoms with Crippen LogP contribution < -0.4 is 10.1 Å². The third kappa shape index (κ3) is 3.91. The molecule has 0 spiro atoms. The summed E-state index contributed by atoms with van der Waals surface area (Å²) in [5.74, 6) is -0.247. The van der Waals surface area contributed by atoms with Crippen molar-refractivity contribution in [2.24, 2.45) is 7.05 Å². The van der Waals surface area contributed by atoms with Gasteiger partial charge >= 0.3 is 6.36 Å². The van der Waals surface area contributed by atoms with E-state index >= 15 is 0 Å². The first kappa shape index (κ1) is 14.2. The monoisotopic (exact) mass is 285 g/mol. The minimum atomic E-state index is -4.68. The lowest BCUT2D eigenvalue weighted by Gasteiger charge is -2.11. The Bertz CT molecular complexity index is 593. The average molecular weight is 285 g/mol. The molecule has 1 N–H and O–H groups in total. The van der Waals surface area contributed by atoms with E-state index in [0.29, 0.717) is 12.2 Å². The zero-order chi connectivity index (χ0) is 14.8. The smallest absolute Gasteiger partial charge is 0.406 e. The van der Waals surface area contributed by atoms with Gasteiger partial charge in [-0.3, -0.25) is 4.68 Å². The summed E-state index contributed by atoms with van der Waals surface area (Å²) in [5, 5.41) is 7.23. The van der Waals surface area contributed by atoms with E-state index in [4.69, 9.17) is 0 Å². The Morgan fingerprint density at radius 1 is 1.30 bits per heavy atom. The number of nitrogens with zero attached hydrogens (tertiary/aromatic N) is 2. The van der Waals surface area contributed by atoms with Gasteiger partial charge in [-0.05, 0) is 25.1 Å². The molecule has 0 bridgehead atoms. The van der Waals surface area contributed by atoms with Crippen LogP contribution in [-0.2, 0) is 13.6 Å². The van der Waals surface area contributed by atoms with Crippen molar-refractivity contribution in [3.8, 4) is 5.75 Å². The van der Waals surface area contributed by atoms with Crippen LogP contribution in [0, 0.1) is 6.92 Å². The molecule has 20 heavy (non-hydrogen) atoms. The molecule has 1 heterocycles. The van der Waals surface area contributed by atoms with E-state index in [-0.39, 0.29) is 5.75 Å². The Hall–Kier alpha value is -2.18. The van der Waals surface area contributed by atoms with Gasteiger partial charge in [-0.1, -0.05) is 6.07 Å². The Morgan fingerprint density at radius 2 is 2.05 bits per heavy atom. The predicted molar refractivity (Wildman–Crippen MR) is 68.4 cm³/mol. The van der Waals surface area contributed by atoms with E-state index in [0.717, 1.165) is 11.4 Å². The molecule has 0 aliphatic heterocycles. The molecule has 0 unspecified atom stereocenters. The van der Waals surface area contributed by atoms with Crippen LogP contribution >= 0.6 is 0 Å². The van der Waals surface area contributed by atoms with Crippen LogP contribution in [-0.4, -0.2) is 16.1 Å². The van der Waals surface area contributed by atoms with Crippen LogP contribution in [0.2, 0.25) is 0 Å². The number of hydrogen-bond acceptors (Lipinski definition) is 3. The number of benzene rings is 1. The summed E-state index contributed by atoms with van der Waals surface area (Å²) in [5.41, 5.74) is 2.37. The van der Waals surface area contributed by atoms with Gasteiger partial charge in [0.2, 0.25) is 0 Å². The summed E-state index contributed by atoms with van der Waals surface area (Å²) in [7, 11) is 1.81. The second-order valence-electron chi connectivity index (χ2n) is 4.33. The van der Waals surface area contributed by atoms with Crippen LogP contribution in [0.15, 0.2) is 30.3 Å². The van der Waals surface area contributed by atoms with E-state index in [1.54, 1.807) is 10.7 Å². The molecule has 0 atom stereocenters. The Balaban J connectivity index is 2.03. The SMILES string of the molecule is Cc1cc(CNc2cccc(OC(F)(F)F)c2)n(C)n1. The van der Waals surface area contributed by atoms with Gasteiger partial charge in [-0.15, -0.1) is 13.2 Å². The van der Waals surface area contributed by atoms with Crippen molar-refractivity contribution in [3.63, 3.8) is 0 Å². The van der Waals surface area contributed by atoms with E-state index in [2.05, 4.69) is 15.2 Å².